The third kappa shape index (κ3) is 5.41. The van der Waals surface area contributed by atoms with Crippen molar-refractivity contribution in [2.24, 2.45) is 0 Å². The Morgan fingerprint density at radius 3 is 2.66 bits per heavy atom. The van der Waals surface area contributed by atoms with Crippen molar-refractivity contribution in [2.45, 2.75) is 13.0 Å². The topological polar surface area (TPSA) is 60.0 Å². The van der Waals surface area contributed by atoms with Gasteiger partial charge in [-0.05, 0) is 36.8 Å². The van der Waals surface area contributed by atoms with E-state index in [0.717, 1.165) is 18.7 Å². The van der Waals surface area contributed by atoms with E-state index in [2.05, 4.69) is 10.2 Å². The van der Waals surface area contributed by atoms with Crippen LogP contribution in [0.4, 0.5) is 0 Å². The Labute approximate surface area is 176 Å². The second-order valence-electron chi connectivity index (χ2n) is 6.69. The minimum atomic E-state index is -0.168. The van der Waals surface area contributed by atoms with Crippen LogP contribution in [0, 0.1) is 0 Å². The van der Waals surface area contributed by atoms with Crippen molar-refractivity contribution in [3.8, 4) is 11.5 Å². The highest BCUT2D eigenvalue weighted by Gasteiger charge is 2.25. The van der Waals surface area contributed by atoms with Gasteiger partial charge >= 0.3 is 0 Å². The fourth-order valence-corrected chi connectivity index (χ4v) is 3.71. The van der Waals surface area contributed by atoms with Crippen LogP contribution in [0.2, 0.25) is 5.02 Å². The number of hydrogen-bond acceptors (Lipinski definition) is 5. The fourth-order valence-electron chi connectivity index (χ4n) is 3.45. The van der Waals surface area contributed by atoms with Gasteiger partial charge in [-0.1, -0.05) is 29.8 Å². The van der Waals surface area contributed by atoms with Gasteiger partial charge in [-0.15, -0.1) is 0 Å². The van der Waals surface area contributed by atoms with Crippen LogP contribution < -0.4 is 14.8 Å². The minimum absolute atomic E-state index is 0.0267. The molecule has 1 fully saturated rings. The van der Waals surface area contributed by atoms with Crippen LogP contribution in [0.1, 0.15) is 28.9 Å². The van der Waals surface area contributed by atoms with Crippen LogP contribution in [0.5, 0.6) is 11.5 Å². The Hall–Kier alpha value is -2.28. The number of carbonyl (C=O) groups is 1. The molecule has 0 aromatic heterocycles. The molecule has 6 nitrogen and oxygen atoms in total. The second-order valence-corrected chi connectivity index (χ2v) is 7.10. The van der Waals surface area contributed by atoms with Gasteiger partial charge in [-0.2, -0.15) is 0 Å². The maximum Gasteiger partial charge on any atom is 0.251 e. The molecule has 0 radical (unpaired) electrons. The van der Waals surface area contributed by atoms with E-state index in [1.54, 1.807) is 25.3 Å². The Morgan fingerprint density at radius 2 is 1.97 bits per heavy atom. The molecule has 0 bridgehead atoms. The predicted octanol–water partition coefficient (Wildman–Crippen LogP) is 3.55. The molecule has 1 aliphatic heterocycles. The molecule has 3 rings (SSSR count). The SMILES string of the molecule is CCOc1cc(C(=O)NCC(c2ccccc2Cl)N2CCOCC2)ccc1OC. The summed E-state index contributed by atoms with van der Waals surface area (Å²) in [5.74, 6) is 0.989. The summed E-state index contributed by atoms with van der Waals surface area (Å²) in [6.07, 6.45) is 0. The zero-order valence-electron chi connectivity index (χ0n) is 16.8. The zero-order chi connectivity index (χ0) is 20.6. The summed E-state index contributed by atoms with van der Waals surface area (Å²) in [7, 11) is 1.58. The zero-order valence-corrected chi connectivity index (χ0v) is 17.6. The number of rotatable bonds is 8. The molecule has 0 saturated carbocycles. The van der Waals surface area contributed by atoms with Crippen LogP contribution in [-0.2, 0) is 4.74 Å². The average Bonchev–Trinajstić information content (AvgIpc) is 2.76. The monoisotopic (exact) mass is 418 g/mol. The van der Waals surface area contributed by atoms with Gasteiger partial charge in [0.25, 0.3) is 5.91 Å². The summed E-state index contributed by atoms with van der Waals surface area (Å²) in [5, 5.41) is 3.75. The Bertz CT molecular complexity index is 824. The maximum absolute atomic E-state index is 12.8. The van der Waals surface area contributed by atoms with E-state index in [1.165, 1.54) is 0 Å². The number of hydrogen-bond donors (Lipinski definition) is 1. The third-order valence-electron chi connectivity index (χ3n) is 4.93. The quantitative estimate of drug-likeness (QED) is 0.710. The van der Waals surface area contributed by atoms with Gasteiger partial charge < -0.3 is 19.5 Å². The lowest BCUT2D eigenvalue weighted by molar-refractivity contribution is 0.0162. The van der Waals surface area contributed by atoms with Crippen molar-refractivity contribution in [3.63, 3.8) is 0 Å². The number of methoxy groups -OCH3 is 1. The molecule has 0 aliphatic carbocycles. The number of halogens is 1. The highest BCUT2D eigenvalue weighted by Crippen LogP contribution is 2.29. The number of amides is 1. The van der Waals surface area contributed by atoms with Crippen LogP contribution in [0.15, 0.2) is 42.5 Å². The highest BCUT2D eigenvalue weighted by molar-refractivity contribution is 6.31. The first-order valence-corrected chi connectivity index (χ1v) is 10.2. The molecule has 2 aromatic rings. The van der Waals surface area contributed by atoms with Crippen LogP contribution in [0.25, 0.3) is 0 Å². The largest absolute Gasteiger partial charge is 0.493 e. The number of ether oxygens (including phenoxy) is 3. The van der Waals surface area contributed by atoms with Crippen molar-refractivity contribution in [2.75, 3.05) is 46.6 Å². The summed E-state index contributed by atoms with van der Waals surface area (Å²) in [4.78, 5) is 15.1. The van der Waals surface area contributed by atoms with Crippen molar-refractivity contribution in [1.29, 1.82) is 0 Å². The Morgan fingerprint density at radius 1 is 1.21 bits per heavy atom. The molecular formula is C22H27ClN2O4. The minimum Gasteiger partial charge on any atom is -0.493 e. The number of nitrogens with one attached hydrogen (secondary N) is 1. The summed E-state index contributed by atoms with van der Waals surface area (Å²) >= 11 is 6.46. The molecule has 1 saturated heterocycles. The van der Waals surface area contributed by atoms with Gasteiger partial charge in [0.2, 0.25) is 0 Å². The van der Waals surface area contributed by atoms with Crippen LogP contribution >= 0.6 is 11.6 Å². The standard InChI is InChI=1S/C22H27ClN2O4/c1-3-29-21-14-16(8-9-20(21)27-2)22(26)24-15-19(25-10-12-28-13-11-25)17-6-4-5-7-18(17)23/h4-9,14,19H,3,10-13,15H2,1-2H3,(H,24,26). The van der Waals surface area contributed by atoms with E-state index in [-0.39, 0.29) is 11.9 Å². The first-order valence-electron chi connectivity index (χ1n) is 9.79. The summed E-state index contributed by atoms with van der Waals surface area (Å²) < 4.78 is 16.4. The lowest BCUT2D eigenvalue weighted by Gasteiger charge is -2.35. The number of nitrogens with zero attached hydrogens (tertiary/aromatic N) is 1. The van der Waals surface area contributed by atoms with Gasteiger partial charge in [0.05, 0.1) is 33.0 Å². The van der Waals surface area contributed by atoms with Crippen LogP contribution in [-0.4, -0.2) is 57.4 Å². The molecule has 1 unspecified atom stereocenters. The van der Waals surface area contributed by atoms with E-state index >= 15 is 0 Å². The van der Waals surface area contributed by atoms with Gasteiger partial charge in [-0.3, -0.25) is 9.69 Å². The average molecular weight is 419 g/mol. The summed E-state index contributed by atoms with van der Waals surface area (Å²) in [6.45, 7) is 5.76. The molecule has 7 heteroatoms. The number of morpholine rings is 1. The number of carbonyl (C=O) groups excluding carboxylic acids is 1. The highest BCUT2D eigenvalue weighted by atomic mass is 35.5. The predicted molar refractivity (Wildman–Crippen MR) is 113 cm³/mol. The lowest BCUT2D eigenvalue weighted by atomic mass is 10.0. The van der Waals surface area contributed by atoms with Crippen molar-refractivity contribution in [3.05, 3.63) is 58.6 Å². The molecule has 29 heavy (non-hydrogen) atoms. The maximum atomic E-state index is 12.8. The molecule has 1 amide bonds. The van der Waals surface area contributed by atoms with Crippen LogP contribution in [0.3, 0.4) is 0 Å². The van der Waals surface area contributed by atoms with E-state index in [4.69, 9.17) is 25.8 Å². The summed E-state index contributed by atoms with van der Waals surface area (Å²) in [6, 6.07) is 12.9. The van der Waals surface area contributed by atoms with E-state index < -0.39 is 0 Å². The molecule has 0 spiro atoms. The normalized spacial score (nSPS) is 15.6. The Kier molecular flexibility index (Phi) is 7.75. The van der Waals surface area contributed by atoms with Crippen molar-refractivity contribution in [1.82, 2.24) is 10.2 Å². The van der Waals surface area contributed by atoms with Gasteiger partial charge in [0.1, 0.15) is 0 Å². The van der Waals surface area contributed by atoms with Gasteiger partial charge in [0, 0.05) is 30.2 Å². The smallest absolute Gasteiger partial charge is 0.251 e. The lowest BCUT2D eigenvalue weighted by Crippen LogP contribution is -2.44. The summed E-state index contributed by atoms with van der Waals surface area (Å²) in [5.41, 5.74) is 1.52. The van der Waals surface area contributed by atoms with Crippen molar-refractivity contribution < 1.29 is 19.0 Å². The second kappa shape index (κ2) is 10.5. The van der Waals surface area contributed by atoms with Gasteiger partial charge in [0.15, 0.2) is 11.5 Å². The Balaban J connectivity index is 1.76. The molecule has 1 heterocycles. The molecule has 156 valence electrons. The van der Waals surface area contributed by atoms with E-state index in [9.17, 15) is 4.79 Å². The first kappa shape index (κ1) is 21.4. The van der Waals surface area contributed by atoms with Gasteiger partial charge in [-0.25, -0.2) is 0 Å². The molecule has 1 aliphatic rings. The molecular weight excluding hydrogens is 392 g/mol. The molecule has 1 N–H and O–H groups in total. The third-order valence-corrected chi connectivity index (χ3v) is 5.28. The van der Waals surface area contributed by atoms with E-state index in [1.807, 2.05) is 31.2 Å². The molecule has 2 aromatic carbocycles. The van der Waals surface area contributed by atoms with Crippen molar-refractivity contribution >= 4 is 17.5 Å². The fraction of sp³-hybridized carbons (Fsp3) is 0.409. The molecule has 1 atom stereocenters. The van der Waals surface area contributed by atoms with E-state index in [0.29, 0.717) is 48.5 Å². The number of benzene rings is 2. The first-order chi connectivity index (χ1) is 14.1.